The highest BCUT2D eigenvalue weighted by Gasteiger charge is 1.97. The van der Waals surface area contributed by atoms with E-state index in [-0.39, 0.29) is 6.61 Å². The first-order valence-corrected chi connectivity index (χ1v) is 7.35. The fourth-order valence-corrected chi connectivity index (χ4v) is 1.92. The van der Waals surface area contributed by atoms with E-state index >= 15 is 0 Å². The van der Waals surface area contributed by atoms with Crippen molar-refractivity contribution in [2.45, 2.75) is 12.8 Å². The summed E-state index contributed by atoms with van der Waals surface area (Å²) in [6.07, 6.45) is 4.52. The lowest BCUT2D eigenvalue weighted by atomic mass is 10.3. The smallest absolute Gasteiger partial charge is 0.255 e. The molecule has 4 nitrogen and oxygen atoms in total. The van der Waals surface area contributed by atoms with Crippen LogP contribution in [0.1, 0.15) is 12.8 Å². The molecule has 1 aromatic rings. The van der Waals surface area contributed by atoms with Gasteiger partial charge in [-0.3, -0.25) is 4.79 Å². The number of hydrogen-bond acceptors (Lipinski definition) is 4. The summed E-state index contributed by atoms with van der Waals surface area (Å²) in [5.41, 5.74) is 6.06. The second-order valence-electron chi connectivity index (χ2n) is 3.91. The van der Waals surface area contributed by atoms with Gasteiger partial charge in [0.2, 0.25) is 0 Å². The Bertz CT molecular complexity index is 355. The van der Waals surface area contributed by atoms with E-state index in [0.29, 0.717) is 5.75 Å². The van der Waals surface area contributed by atoms with Gasteiger partial charge in [-0.05, 0) is 49.1 Å². The Hall–Kier alpha value is -1.36. The molecule has 0 aromatic heterocycles. The van der Waals surface area contributed by atoms with Crippen LogP contribution in [-0.4, -0.2) is 31.1 Å². The van der Waals surface area contributed by atoms with Gasteiger partial charge in [-0.25, -0.2) is 0 Å². The predicted octanol–water partition coefficient (Wildman–Crippen LogP) is 2.11. The maximum Gasteiger partial charge on any atom is 0.255 e. The number of amides is 1. The number of thioether (sulfide) groups is 1. The van der Waals surface area contributed by atoms with Gasteiger partial charge in [-0.1, -0.05) is 0 Å². The first-order chi connectivity index (χ1) is 8.72. The van der Waals surface area contributed by atoms with Gasteiger partial charge in [0.25, 0.3) is 5.91 Å². The third-order valence-electron chi connectivity index (χ3n) is 2.34. The molecule has 1 aromatic carbocycles. The van der Waals surface area contributed by atoms with Crippen molar-refractivity contribution in [1.29, 1.82) is 0 Å². The minimum atomic E-state index is -0.467. The topological polar surface area (TPSA) is 64.3 Å². The standard InChI is InChI=1S/C13H20N2O2S/c1-18-9-3-2-8-15-11-4-6-12(7-5-11)17-10-13(14)16/h4-7,15H,2-3,8-10H2,1H3,(H2,14,16). The molecule has 0 fully saturated rings. The molecular weight excluding hydrogens is 248 g/mol. The number of unbranched alkanes of at least 4 members (excludes halogenated alkanes) is 1. The molecule has 0 saturated carbocycles. The number of ether oxygens (including phenoxy) is 1. The van der Waals surface area contributed by atoms with Crippen LogP contribution >= 0.6 is 11.8 Å². The van der Waals surface area contributed by atoms with Crippen LogP contribution in [0, 0.1) is 0 Å². The largest absolute Gasteiger partial charge is 0.484 e. The second kappa shape index (κ2) is 8.69. The van der Waals surface area contributed by atoms with E-state index in [4.69, 9.17) is 10.5 Å². The molecule has 0 unspecified atom stereocenters. The SMILES string of the molecule is CSCCCCNc1ccc(OCC(N)=O)cc1. The summed E-state index contributed by atoms with van der Waals surface area (Å²) in [6, 6.07) is 7.52. The predicted molar refractivity (Wildman–Crippen MR) is 77.2 cm³/mol. The molecule has 0 bridgehead atoms. The Morgan fingerprint density at radius 1 is 1.33 bits per heavy atom. The van der Waals surface area contributed by atoms with Crippen LogP contribution in [0.3, 0.4) is 0 Å². The van der Waals surface area contributed by atoms with Gasteiger partial charge in [-0.15, -0.1) is 0 Å². The molecule has 5 heteroatoms. The lowest BCUT2D eigenvalue weighted by molar-refractivity contribution is -0.119. The maximum absolute atomic E-state index is 10.6. The molecule has 0 heterocycles. The molecule has 3 N–H and O–H groups in total. The molecule has 100 valence electrons. The van der Waals surface area contributed by atoms with E-state index < -0.39 is 5.91 Å². The molecule has 0 radical (unpaired) electrons. The molecule has 1 amide bonds. The van der Waals surface area contributed by atoms with Crippen molar-refractivity contribution in [3.05, 3.63) is 24.3 Å². The van der Waals surface area contributed by atoms with Crippen molar-refractivity contribution in [2.24, 2.45) is 5.73 Å². The van der Waals surface area contributed by atoms with Crippen LogP contribution in [0.25, 0.3) is 0 Å². The summed E-state index contributed by atoms with van der Waals surface area (Å²) >= 11 is 1.88. The van der Waals surface area contributed by atoms with E-state index in [1.54, 1.807) is 0 Å². The molecule has 0 aliphatic carbocycles. The molecule has 0 atom stereocenters. The van der Waals surface area contributed by atoms with Gasteiger partial charge >= 0.3 is 0 Å². The summed E-state index contributed by atoms with van der Waals surface area (Å²) in [6.45, 7) is 0.892. The van der Waals surface area contributed by atoms with Gasteiger partial charge in [-0.2, -0.15) is 11.8 Å². The number of nitrogens with two attached hydrogens (primary N) is 1. The first-order valence-electron chi connectivity index (χ1n) is 5.96. The molecule has 18 heavy (non-hydrogen) atoms. The lowest BCUT2D eigenvalue weighted by Crippen LogP contribution is -2.19. The lowest BCUT2D eigenvalue weighted by Gasteiger charge is -2.07. The monoisotopic (exact) mass is 268 g/mol. The number of carbonyl (C=O) groups is 1. The van der Waals surface area contributed by atoms with Crippen molar-refractivity contribution in [3.8, 4) is 5.75 Å². The van der Waals surface area contributed by atoms with Gasteiger partial charge in [0.05, 0.1) is 0 Å². The Morgan fingerprint density at radius 3 is 2.67 bits per heavy atom. The van der Waals surface area contributed by atoms with Crippen LogP contribution in [0.5, 0.6) is 5.75 Å². The summed E-state index contributed by atoms with van der Waals surface area (Å²) in [7, 11) is 0. The Balaban J connectivity index is 2.25. The number of benzene rings is 1. The third kappa shape index (κ3) is 6.39. The van der Waals surface area contributed by atoms with Gasteiger partial charge in [0, 0.05) is 12.2 Å². The fraction of sp³-hybridized carbons (Fsp3) is 0.462. The summed E-state index contributed by atoms with van der Waals surface area (Å²) in [5.74, 6) is 1.40. The number of rotatable bonds is 9. The van der Waals surface area contributed by atoms with Gasteiger partial charge in [0.15, 0.2) is 6.61 Å². The van der Waals surface area contributed by atoms with Crippen LogP contribution in [0.2, 0.25) is 0 Å². The van der Waals surface area contributed by atoms with Crippen LogP contribution < -0.4 is 15.8 Å². The zero-order chi connectivity index (χ0) is 13.2. The van der Waals surface area contributed by atoms with E-state index in [0.717, 1.165) is 12.2 Å². The van der Waals surface area contributed by atoms with Crippen molar-refractivity contribution in [3.63, 3.8) is 0 Å². The Kier molecular flexibility index (Phi) is 7.10. The van der Waals surface area contributed by atoms with Crippen LogP contribution in [-0.2, 0) is 4.79 Å². The van der Waals surface area contributed by atoms with Gasteiger partial charge < -0.3 is 15.8 Å². The van der Waals surface area contributed by atoms with Crippen molar-refractivity contribution < 1.29 is 9.53 Å². The van der Waals surface area contributed by atoms with E-state index in [1.807, 2.05) is 36.0 Å². The van der Waals surface area contributed by atoms with E-state index in [9.17, 15) is 4.79 Å². The minimum absolute atomic E-state index is 0.0819. The van der Waals surface area contributed by atoms with Crippen molar-refractivity contribution >= 4 is 23.4 Å². The molecular formula is C13H20N2O2S. The van der Waals surface area contributed by atoms with Crippen LogP contribution in [0.15, 0.2) is 24.3 Å². The van der Waals surface area contributed by atoms with E-state index in [1.165, 1.54) is 18.6 Å². The third-order valence-corrected chi connectivity index (χ3v) is 3.04. The Labute approximate surface area is 112 Å². The van der Waals surface area contributed by atoms with Gasteiger partial charge in [0.1, 0.15) is 5.75 Å². The molecule has 1 rings (SSSR count). The number of anilines is 1. The van der Waals surface area contributed by atoms with Crippen LogP contribution in [0.4, 0.5) is 5.69 Å². The average Bonchev–Trinajstić information content (AvgIpc) is 2.37. The number of primary amides is 1. The van der Waals surface area contributed by atoms with E-state index in [2.05, 4.69) is 11.6 Å². The zero-order valence-electron chi connectivity index (χ0n) is 10.6. The second-order valence-corrected chi connectivity index (χ2v) is 4.89. The maximum atomic E-state index is 10.6. The highest BCUT2D eigenvalue weighted by molar-refractivity contribution is 7.98. The normalized spacial score (nSPS) is 10.1. The minimum Gasteiger partial charge on any atom is -0.484 e. The number of hydrogen-bond donors (Lipinski definition) is 2. The highest BCUT2D eigenvalue weighted by Crippen LogP contribution is 2.15. The molecule has 0 aliphatic heterocycles. The summed E-state index contributed by atoms with van der Waals surface area (Å²) in [4.78, 5) is 10.6. The number of carbonyl (C=O) groups excluding carboxylic acids is 1. The number of nitrogens with one attached hydrogen (secondary N) is 1. The molecule has 0 saturated heterocycles. The highest BCUT2D eigenvalue weighted by atomic mass is 32.2. The molecule has 0 spiro atoms. The molecule has 0 aliphatic rings. The zero-order valence-corrected chi connectivity index (χ0v) is 11.5. The fourth-order valence-electron chi connectivity index (χ4n) is 1.43. The summed E-state index contributed by atoms with van der Waals surface area (Å²) < 4.78 is 5.17. The van der Waals surface area contributed by atoms with Crippen molar-refractivity contribution in [2.75, 3.05) is 30.5 Å². The first kappa shape index (κ1) is 14.7. The average molecular weight is 268 g/mol. The Morgan fingerprint density at radius 2 is 2.06 bits per heavy atom. The quantitative estimate of drug-likeness (QED) is 0.673. The summed E-state index contributed by atoms with van der Waals surface area (Å²) in [5, 5.41) is 3.34. The van der Waals surface area contributed by atoms with Crippen molar-refractivity contribution in [1.82, 2.24) is 0 Å².